The minimum atomic E-state index is -0.198. The van der Waals surface area contributed by atoms with Crippen molar-refractivity contribution in [1.82, 2.24) is 10.2 Å². The fourth-order valence-electron chi connectivity index (χ4n) is 4.07. The molecule has 0 aromatic heterocycles. The molecule has 2 heterocycles. The lowest BCUT2D eigenvalue weighted by atomic mass is 9.78. The van der Waals surface area contributed by atoms with Crippen molar-refractivity contribution in [2.75, 3.05) is 13.7 Å². The number of imide groups is 1. The molecule has 0 aromatic rings. The number of ether oxygens (including phenoxy) is 1. The van der Waals surface area contributed by atoms with Gasteiger partial charge in [0, 0.05) is 26.1 Å². The van der Waals surface area contributed by atoms with Crippen LogP contribution >= 0.6 is 0 Å². The van der Waals surface area contributed by atoms with Gasteiger partial charge in [0.05, 0.1) is 11.6 Å². The Balaban J connectivity index is 1.59. The number of carbonyl (C=O) groups is 2. The molecule has 2 unspecified atom stereocenters. The second-order valence-corrected chi connectivity index (χ2v) is 6.83. The van der Waals surface area contributed by atoms with Gasteiger partial charge in [-0.2, -0.15) is 0 Å². The van der Waals surface area contributed by atoms with Crippen molar-refractivity contribution in [2.45, 2.75) is 75.5 Å². The average Bonchev–Trinajstić information content (AvgIpc) is 2.49. The summed E-state index contributed by atoms with van der Waals surface area (Å²) in [4.78, 5) is 25.0. The summed E-state index contributed by atoms with van der Waals surface area (Å²) in [6.45, 7) is 0.785. The quantitative estimate of drug-likeness (QED) is 0.786. The highest BCUT2D eigenvalue weighted by molar-refractivity contribution is 6.00. The zero-order valence-corrected chi connectivity index (χ0v) is 12.9. The van der Waals surface area contributed by atoms with Gasteiger partial charge in [-0.05, 0) is 32.1 Å². The van der Waals surface area contributed by atoms with Gasteiger partial charge >= 0.3 is 0 Å². The second-order valence-electron chi connectivity index (χ2n) is 6.83. The third-order valence-corrected chi connectivity index (χ3v) is 5.34. The monoisotopic (exact) mass is 294 g/mol. The van der Waals surface area contributed by atoms with E-state index in [1.807, 2.05) is 0 Å². The van der Waals surface area contributed by atoms with Gasteiger partial charge in [0.2, 0.25) is 11.8 Å². The largest absolute Gasteiger partial charge is 0.375 e. The van der Waals surface area contributed by atoms with E-state index in [-0.39, 0.29) is 23.5 Å². The smallest absolute Gasteiger partial charge is 0.246 e. The van der Waals surface area contributed by atoms with E-state index in [4.69, 9.17) is 4.74 Å². The summed E-state index contributed by atoms with van der Waals surface area (Å²) in [5.74, 6) is -0.135. The zero-order valence-electron chi connectivity index (χ0n) is 12.9. The lowest BCUT2D eigenvalue weighted by Crippen LogP contribution is -2.57. The highest BCUT2D eigenvalue weighted by atomic mass is 16.5. The van der Waals surface area contributed by atoms with Gasteiger partial charge in [0.1, 0.15) is 0 Å². The first-order valence-corrected chi connectivity index (χ1v) is 8.30. The number of piperidine rings is 1. The van der Waals surface area contributed by atoms with Crippen LogP contribution < -0.4 is 5.32 Å². The van der Waals surface area contributed by atoms with E-state index in [1.165, 1.54) is 24.2 Å². The first-order chi connectivity index (χ1) is 10.1. The minimum Gasteiger partial charge on any atom is -0.375 e. The van der Waals surface area contributed by atoms with Crippen LogP contribution in [0.5, 0.6) is 0 Å². The van der Waals surface area contributed by atoms with E-state index in [0.717, 1.165) is 32.3 Å². The first kappa shape index (κ1) is 15.0. The standard InChI is InChI=1S/C16H26N2O3/c1-18-14(19)6-5-13(15(18)20)17-12-7-10-21-16(11-12)8-3-2-4-9-16/h12-13,17H,2-11H2,1H3. The molecule has 3 rings (SSSR count). The number of hydrogen-bond acceptors (Lipinski definition) is 4. The summed E-state index contributed by atoms with van der Waals surface area (Å²) in [5, 5.41) is 3.51. The van der Waals surface area contributed by atoms with Crippen LogP contribution in [0, 0.1) is 0 Å². The first-order valence-electron chi connectivity index (χ1n) is 8.30. The van der Waals surface area contributed by atoms with Gasteiger partial charge in [-0.1, -0.05) is 19.3 Å². The average molecular weight is 294 g/mol. The van der Waals surface area contributed by atoms with E-state index >= 15 is 0 Å². The molecular formula is C16H26N2O3. The van der Waals surface area contributed by atoms with Crippen LogP contribution in [-0.4, -0.2) is 48.1 Å². The third-order valence-electron chi connectivity index (χ3n) is 5.34. The normalized spacial score (nSPS) is 33.5. The van der Waals surface area contributed by atoms with Gasteiger partial charge in [-0.3, -0.25) is 14.5 Å². The van der Waals surface area contributed by atoms with Gasteiger partial charge in [-0.25, -0.2) is 0 Å². The number of nitrogens with one attached hydrogen (secondary N) is 1. The third kappa shape index (κ3) is 3.14. The molecule has 0 radical (unpaired) electrons. The van der Waals surface area contributed by atoms with Crippen molar-refractivity contribution in [3.8, 4) is 0 Å². The molecule has 3 aliphatic rings. The van der Waals surface area contributed by atoms with Crippen molar-refractivity contribution >= 4 is 11.8 Å². The summed E-state index contributed by atoms with van der Waals surface area (Å²) in [6, 6.07) is 0.142. The Kier molecular flexibility index (Phi) is 4.31. The fraction of sp³-hybridized carbons (Fsp3) is 0.875. The molecule has 0 bridgehead atoms. The Morgan fingerprint density at radius 2 is 1.95 bits per heavy atom. The fourth-order valence-corrected chi connectivity index (χ4v) is 4.07. The summed E-state index contributed by atoms with van der Waals surface area (Å²) in [6.07, 6.45) is 9.21. The van der Waals surface area contributed by atoms with Crippen LogP contribution in [0.3, 0.4) is 0 Å². The van der Waals surface area contributed by atoms with Gasteiger partial charge in [0.25, 0.3) is 0 Å². The molecule has 2 amide bonds. The van der Waals surface area contributed by atoms with Gasteiger partial charge in [-0.15, -0.1) is 0 Å². The van der Waals surface area contributed by atoms with Crippen molar-refractivity contribution in [1.29, 1.82) is 0 Å². The van der Waals surface area contributed by atoms with E-state index in [0.29, 0.717) is 18.9 Å². The van der Waals surface area contributed by atoms with Crippen LogP contribution in [0.15, 0.2) is 0 Å². The molecule has 2 atom stereocenters. The number of hydrogen-bond donors (Lipinski definition) is 1. The lowest BCUT2D eigenvalue weighted by molar-refractivity contribution is -0.149. The number of carbonyl (C=O) groups excluding carboxylic acids is 2. The van der Waals surface area contributed by atoms with Crippen LogP contribution in [0.2, 0.25) is 0 Å². The number of rotatable bonds is 2. The summed E-state index contributed by atoms with van der Waals surface area (Å²) in [7, 11) is 1.59. The molecule has 0 aromatic carbocycles. The predicted octanol–water partition coefficient (Wildman–Crippen LogP) is 1.61. The topological polar surface area (TPSA) is 58.6 Å². The van der Waals surface area contributed by atoms with Crippen LogP contribution in [0.4, 0.5) is 0 Å². The molecular weight excluding hydrogens is 268 g/mol. The Morgan fingerprint density at radius 1 is 1.19 bits per heavy atom. The maximum absolute atomic E-state index is 12.2. The van der Waals surface area contributed by atoms with Gasteiger partial charge in [0.15, 0.2) is 0 Å². The van der Waals surface area contributed by atoms with Crippen LogP contribution in [0.25, 0.3) is 0 Å². The zero-order chi connectivity index (χ0) is 14.9. The highest BCUT2D eigenvalue weighted by Gasteiger charge is 2.40. The molecule has 1 N–H and O–H groups in total. The summed E-state index contributed by atoms with van der Waals surface area (Å²) >= 11 is 0. The second kappa shape index (κ2) is 6.05. The van der Waals surface area contributed by atoms with Crippen LogP contribution in [0.1, 0.15) is 57.8 Å². The lowest BCUT2D eigenvalue weighted by Gasteiger charge is -2.44. The molecule has 2 aliphatic heterocycles. The van der Waals surface area contributed by atoms with E-state index in [2.05, 4.69) is 5.32 Å². The number of nitrogens with zero attached hydrogens (tertiary/aromatic N) is 1. The molecule has 1 saturated carbocycles. The predicted molar refractivity (Wildman–Crippen MR) is 78.7 cm³/mol. The Bertz CT molecular complexity index is 412. The number of amides is 2. The Labute approximate surface area is 126 Å². The van der Waals surface area contributed by atoms with Gasteiger partial charge < -0.3 is 10.1 Å². The number of likely N-dealkylation sites (tertiary alicyclic amines) is 1. The summed E-state index contributed by atoms with van der Waals surface area (Å²) in [5.41, 5.74) is 0.0492. The van der Waals surface area contributed by atoms with Crippen molar-refractivity contribution in [3.63, 3.8) is 0 Å². The Hall–Kier alpha value is -0.940. The van der Waals surface area contributed by atoms with Crippen molar-refractivity contribution in [2.24, 2.45) is 0 Å². The number of likely N-dealkylation sites (N-methyl/N-ethyl adjacent to an activating group) is 1. The highest BCUT2D eigenvalue weighted by Crippen LogP contribution is 2.38. The molecule has 118 valence electrons. The maximum Gasteiger partial charge on any atom is 0.246 e. The molecule has 3 fully saturated rings. The maximum atomic E-state index is 12.2. The van der Waals surface area contributed by atoms with Crippen molar-refractivity contribution in [3.05, 3.63) is 0 Å². The Morgan fingerprint density at radius 3 is 2.71 bits per heavy atom. The molecule has 2 saturated heterocycles. The molecule has 5 heteroatoms. The summed E-state index contributed by atoms with van der Waals surface area (Å²) < 4.78 is 6.10. The molecule has 1 spiro atoms. The molecule has 5 nitrogen and oxygen atoms in total. The molecule has 21 heavy (non-hydrogen) atoms. The minimum absolute atomic E-state index is 0.0492. The van der Waals surface area contributed by atoms with Crippen LogP contribution in [-0.2, 0) is 14.3 Å². The molecule has 1 aliphatic carbocycles. The van der Waals surface area contributed by atoms with E-state index in [1.54, 1.807) is 7.05 Å². The van der Waals surface area contributed by atoms with E-state index in [9.17, 15) is 9.59 Å². The van der Waals surface area contributed by atoms with Crippen molar-refractivity contribution < 1.29 is 14.3 Å². The van der Waals surface area contributed by atoms with E-state index < -0.39 is 0 Å². The SMILES string of the molecule is CN1C(=O)CCC(NC2CCOC3(CCCCC3)C2)C1=O.